The van der Waals surface area contributed by atoms with Crippen molar-refractivity contribution in [1.29, 1.82) is 0 Å². The van der Waals surface area contributed by atoms with Crippen LogP contribution in [0.2, 0.25) is 0 Å². The number of rotatable bonds is 6. The standard InChI is InChI=1S/C22H25N3O4/c1-14-5-6-18(9-15(14)2)25-13-17(11-21(25)26)22(27)24-23-12-16-10-19(28-3)7-8-20(16)29-4/h5-10,12,17H,11,13H2,1-4H3,(H,24,27)/b23-12-/t17-/m0/s1. The van der Waals surface area contributed by atoms with Crippen molar-refractivity contribution in [2.45, 2.75) is 20.3 Å². The number of hydrogen-bond acceptors (Lipinski definition) is 5. The highest BCUT2D eigenvalue weighted by Gasteiger charge is 2.35. The van der Waals surface area contributed by atoms with Gasteiger partial charge >= 0.3 is 0 Å². The van der Waals surface area contributed by atoms with Crippen molar-refractivity contribution in [1.82, 2.24) is 5.43 Å². The van der Waals surface area contributed by atoms with Crippen LogP contribution in [-0.2, 0) is 9.59 Å². The predicted octanol–water partition coefficient (Wildman–Crippen LogP) is 2.82. The summed E-state index contributed by atoms with van der Waals surface area (Å²) in [6.45, 7) is 4.37. The minimum Gasteiger partial charge on any atom is -0.497 e. The predicted molar refractivity (Wildman–Crippen MR) is 112 cm³/mol. The number of nitrogens with zero attached hydrogens (tertiary/aromatic N) is 2. The first-order valence-corrected chi connectivity index (χ1v) is 9.35. The van der Waals surface area contributed by atoms with E-state index in [1.165, 1.54) is 6.21 Å². The van der Waals surface area contributed by atoms with Gasteiger partial charge in [0.15, 0.2) is 0 Å². The molecule has 0 radical (unpaired) electrons. The number of methoxy groups -OCH3 is 2. The summed E-state index contributed by atoms with van der Waals surface area (Å²) in [5.41, 5.74) is 6.30. The summed E-state index contributed by atoms with van der Waals surface area (Å²) in [6.07, 6.45) is 1.66. The molecule has 7 heteroatoms. The quantitative estimate of drug-likeness (QED) is 0.602. The topological polar surface area (TPSA) is 80.2 Å². The lowest BCUT2D eigenvalue weighted by Crippen LogP contribution is -2.30. The molecule has 1 aliphatic rings. The van der Waals surface area contributed by atoms with Gasteiger partial charge in [-0.15, -0.1) is 0 Å². The zero-order chi connectivity index (χ0) is 21.0. The van der Waals surface area contributed by atoms with Gasteiger partial charge in [-0.1, -0.05) is 6.07 Å². The number of aryl methyl sites for hydroxylation is 2. The Hall–Kier alpha value is -3.35. The Bertz CT molecular complexity index is 955. The first-order valence-electron chi connectivity index (χ1n) is 9.35. The average molecular weight is 395 g/mol. The Morgan fingerprint density at radius 1 is 1.14 bits per heavy atom. The van der Waals surface area contributed by atoms with E-state index in [-0.39, 0.29) is 18.2 Å². The summed E-state index contributed by atoms with van der Waals surface area (Å²) in [5, 5.41) is 4.03. The van der Waals surface area contributed by atoms with Crippen LogP contribution in [0.3, 0.4) is 0 Å². The summed E-state index contributed by atoms with van der Waals surface area (Å²) in [7, 11) is 3.13. The van der Waals surface area contributed by atoms with Crippen molar-refractivity contribution in [3.8, 4) is 11.5 Å². The maximum Gasteiger partial charge on any atom is 0.245 e. The van der Waals surface area contributed by atoms with E-state index < -0.39 is 5.92 Å². The van der Waals surface area contributed by atoms with Crippen molar-refractivity contribution in [3.05, 3.63) is 53.1 Å². The molecule has 1 heterocycles. The number of hydrazone groups is 1. The summed E-state index contributed by atoms with van der Waals surface area (Å²) >= 11 is 0. The van der Waals surface area contributed by atoms with Gasteiger partial charge in [-0.05, 0) is 55.3 Å². The van der Waals surface area contributed by atoms with E-state index >= 15 is 0 Å². The van der Waals surface area contributed by atoms with E-state index in [1.54, 1.807) is 37.3 Å². The SMILES string of the molecule is COc1ccc(OC)c(/C=N\NC(=O)[C@H]2CC(=O)N(c3ccc(C)c(C)c3)C2)c1. The molecule has 1 atom stereocenters. The van der Waals surface area contributed by atoms with Crippen molar-refractivity contribution in [3.63, 3.8) is 0 Å². The maximum absolute atomic E-state index is 12.5. The molecule has 1 N–H and O–H groups in total. The molecule has 0 unspecified atom stereocenters. The highest BCUT2D eigenvalue weighted by Crippen LogP contribution is 2.27. The molecule has 1 aliphatic heterocycles. The molecule has 29 heavy (non-hydrogen) atoms. The largest absolute Gasteiger partial charge is 0.497 e. The van der Waals surface area contributed by atoms with Gasteiger partial charge in [-0.25, -0.2) is 5.43 Å². The van der Waals surface area contributed by atoms with Crippen LogP contribution in [0, 0.1) is 19.8 Å². The lowest BCUT2D eigenvalue weighted by atomic mass is 10.1. The zero-order valence-electron chi connectivity index (χ0n) is 17.1. The summed E-state index contributed by atoms with van der Waals surface area (Å²) < 4.78 is 10.5. The Morgan fingerprint density at radius 2 is 1.93 bits per heavy atom. The van der Waals surface area contributed by atoms with Crippen molar-refractivity contribution < 1.29 is 19.1 Å². The third-order valence-electron chi connectivity index (χ3n) is 5.11. The fourth-order valence-electron chi connectivity index (χ4n) is 3.22. The fraction of sp³-hybridized carbons (Fsp3) is 0.318. The molecular weight excluding hydrogens is 370 g/mol. The van der Waals surface area contributed by atoms with Crippen LogP contribution in [0.5, 0.6) is 11.5 Å². The van der Waals surface area contributed by atoms with E-state index in [4.69, 9.17) is 9.47 Å². The highest BCUT2D eigenvalue weighted by molar-refractivity contribution is 6.00. The number of nitrogens with one attached hydrogen (secondary N) is 1. The summed E-state index contributed by atoms with van der Waals surface area (Å²) in [5.74, 6) is 0.466. The molecule has 2 amide bonds. The van der Waals surface area contributed by atoms with Crippen molar-refractivity contribution in [2.24, 2.45) is 11.0 Å². The second-order valence-electron chi connectivity index (χ2n) is 7.02. The Labute approximate surface area is 170 Å². The third kappa shape index (κ3) is 4.56. The van der Waals surface area contributed by atoms with Gasteiger partial charge in [-0.2, -0.15) is 5.10 Å². The van der Waals surface area contributed by atoms with Gasteiger partial charge < -0.3 is 14.4 Å². The van der Waals surface area contributed by atoms with Crippen LogP contribution in [0.4, 0.5) is 5.69 Å². The molecule has 7 nitrogen and oxygen atoms in total. The van der Waals surface area contributed by atoms with Crippen molar-refractivity contribution in [2.75, 3.05) is 25.7 Å². The molecule has 2 aromatic rings. The van der Waals surface area contributed by atoms with Crippen LogP contribution in [0.1, 0.15) is 23.1 Å². The molecule has 0 spiro atoms. The molecule has 1 saturated heterocycles. The number of amides is 2. The number of anilines is 1. The molecule has 152 valence electrons. The first kappa shape index (κ1) is 20.4. The number of carbonyl (C=O) groups excluding carboxylic acids is 2. The Morgan fingerprint density at radius 3 is 2.62 bits per heavy atom. The van der Waals surface area contributed by atoms with Crippen molar-refractivity contribution >= 4 is 23.7 Å². The van der Waals surface area contributed by atoms with Crippen LogP contribution in [-0.4, -0.2) is 38.8 Å². The Balaban J connectivity index is 1.65. The van der Waals surface area contributed by atoms with Gasteiger partial charge in [0.2, 0.25) is 11.8 Å². The monoisotopic (exact) mass is 395 g/mol. The number of hydrogen-bond donors (Lipinski definition) is 1. The van der Waals surface area contributed by atoms with Gasteiger partial charge in [0, 0.05) is 24.2 Å². The molecular formula is C22H25N3O4. The lowest BCUT2D eigenvalue weighted by molar-refractivity contribution is -0.126. The first-order chi connectivity index (χ1) is 13.9. The molecule has 3 rings (SSSR count). The normalized spacial score (nSPS) is 16.3. The second kappa shape index (κ2) is 8.77. The zero-order valence-corrected chi connectivity index (χ0v) is 17.1. The second-order valence-corrected chi connectivity index (χ2v) is 7.02. The summed E-state index contributed by atoms with van der Waals surface area (Å²) in [6, 6.07) is 11.2. The molecule has 0 aliphatic carbocycles. The van der Waals surface area contributed by atoms with Crippen LogP contribution < -0.4 is 19.8 Å². The third-order valence-corrected chi connectivity index (χ3v) is 5.11. The van der Waals surface area contributed by atoms with Gasteiger partial charge in [-0.3, -0.25) is 9.59 Å². The number of carbonyl (C=O) groups is 2. The van der Waals surface area contributed by atoms with E-state index in [1.807, 2.05) is 32.0 Å². The van der Waals surface area contributed by atoms with E-state index in [0.717, 1.165) is 16.8 Å². The minimum absolute atomic E-state index is 0.0631. The van der Waals surface area contributed by atoms with E-state index in [2.05, 4.69) is 10.5 Å². The van der Waals surface area contributed by atoms with E-state index in [9.17, 15) is 9.59 Å². The van der Waals surface area contributed by atoms with Crippen LogP contribution in [0.15, 0.2) is 41.5 Å². The van der Waals surface area contributed by atoms with Gasteiger partial charge in [0.25, 0.3) is 0 Å². The molecule has 0 bridgehead atoms. The van der Waals surface area contributed by atoms with Crippen LogP contribution >= 0.6 is 0 Å². The maximum atomic E-state index is 12.5. The fourth-order valence-corrected chi connectivity index (χ4v) is 3.22. The van der Waals surface area contributed by atoms with Gasteiger partial charge in [0.1, 0.15) is 11.5 Å². The highest BCUT2D eigenvalue weighted by atomic mass is 16.5. The average Bonchev–Trinajstić information content (AvgIpc) is 3.11. The van der Waals surface area contributed by atoms with Crippen LogP contribution in [0.25, 0.3) is 0 Å². The minimum atomic E-state index is -0.450. The molecule has 0 saturated carbocycles. The number of ether oxygens (including phenoxy) is 2. The van der Waals surface area contributed by atoms with Gasteiger partial charge in [0.05, 0.1) is 26.4 Å². The smallest absolute Gasteiger partial charge is 0.245 e. The number of benzene rings is 2. The Kier molecular flexibility index (Phi) is 6.16. The van der Waals surface area contributed by atoms with E-state index in [0.29, 0.717) is 23.6 Å². The molecule has 0 aromatic heterocycles. The summed E-state index contributed by atoms with van der Waals surface area (Å²) in [4.78, 5) is 26.6. The lowest BCUT2D eigenvalue weighted by Gasteiger charge is -2.17. The molecule has 2 aromatic carbocycles. The molecule has 1 fully saturated rings.